The third-order valence-electron chi connectivity index (χ3n) is 2.39. The van der Waals surface area contributed by atoms with Crippen LogP contribution in [0, 0.1) is 12.8 Å². The molecule has 0 amide bonds. The second kappa shape index (κ2) is 5.98. The van der Waals surface area contributed by atoms with Crippen LogP contribution in [0.3, 0.4) is 0 Å². The lowest BCUT2D eigenvalue weighted by atomic mass is 10.1. The molecule has 0 fully saturated rings. The molecule has 0 aromatic heterocycles. The molecule has 0 aliphatic carbocycles. The van der Waals surface area contributed by atoms with E-state index in [-0.39, 0.29) is 17.4 Å². The molecule has 4 heteroatoms. The molecule has 1 rings (SSSR count). The number of hydrogen-bond donors (Lipinski definition) is 0. The first-order valence-corrected chi connectivity index (χ1v) is 6.93. The Balaban J connectivity index is 2.69. The van der Waals surface area contributed by atoms with E-state index in [2.05, 4.69) is 6.58 Å². The van der Waals surface area contributed by atoms with E-state index in [1.807, 2.05) is 13.8 Å². The normalized spacial score (nSPS) is 13.3. The third-order valence-corrected chi connectivity index (χ3v) is 3.68. The Hall–Kier alpha value is -1.13. The molecule has 0 aliphatic rings. The number of rotatable bonds is 6. The van der Waals surface area contributed by atoms with Gasteiger partial charge < -0.3 is 0 Å². The molecule has 0 heterocycles. The van der Waals surface area contributed by atoms with Crippen molar-refractivity contribution in [3.8, 4) is 0 Å². The number of aryl methyl sites for hydroxylation is 1. The second-order valence-corrected chi connectivity index (χ2v) is 5.80. The van der Waals surface area contributed by atoms with Gasteiger partial charge in [0.25, 0.3) is 10.1 Å². The van der Waals surface area contributed by atoms with Gasteiger partial charge >= 0.3 is 0 Å². The molecule has 0 saturated carbocycles. The number of hydrogen-bond acceptors (Lipinski definition) is 3. The SMILES string of the molecule is C=CC[C@@H](C)COS(=O)(=O)c1ccc(C)cc1. The van der Waals surface area contributed by atoms with Crippen LogP contribution in [0.1, 0.15) is 18.9 Å². The lowest BCUT2D eigenvalue weighted by Crippen LogP contribution is -2.12. The van der Waals surface area contributed by atoms with Gasteiger partial charge in [0.15, 0.2) is 0 Å². The molecule has 0 saturated heterocycles. The van der Waals surface area contributed by atoms with Crippen molar-refractivity contribution in [1.82, 2.24) is 0 Å². The molecule has 3 nitrogen and oxygen atoms in total. The summed E-state index contributed by atoms with van der Waals surface area (Å²) in [4.78, 5) is 0.203. The average molecular weight is 254 g/mol. The Labute approximate surface area is 103 Å². The molecule has 1 aromatic carbocycles. The molecule has 0 spiro atoms. The van der Waals surface area contributed by atoms with Crippen LogP contribution in [-0.4, -0.2) is 15.0 Å². The highest BCUT2D eigenvalue weighted by Crippen LogP contribution is 2.15. The van der Waals surface area contributed by atoms with Gasteiger partial charge in [0.2, 0.25) is 0 Å². The zero-order valence-corrected chi connectivity index (χ0v) is 11.0. The topological polar surface area (TPSA) is 43.4 Å². The van der Waals surface area contributed by atoms with Crippen LogP contribution in [0.2, 0.25) is 0 Å². The molecule has 1 atom stereocenters. The summed E-state index contributed by atoms with van der Waals surface area (Å²) in [6.45, 7) is 7.62. The van der Waals surface area contributed by atoms with Crippen molar-refractivity contribution in [2.75, 3.05) is 6.61 Å². The third kappa shape index (κ3) is 4.32. The van der Waals surface area contributed by atoms with Crippen molar-refractivity contribution in [2.24, 2.45) is 5.92 Å². The highest BCUT2D eigenvalue weighted by molar-refractivity contribution is 7.86. The number of allylic oxidation sites excluding steroid dienone is 1. The maximum Gasteiger partial charge on any atom is 0.296 e. The monoisotopic (exact) mass is 254 g/mol. The van der Waals surface area contributed by atoms with Crippen molar-refractivity contribution >= 4 is 10.1 Å². The quantitative estimate of drug-likeness (QED) is 0.579. The maximum atomic E-state index is 11.8. The van der Waals surface area contributed by atoms with Crippen LogP contribution in [-0.2, 0) is 14.3 Å². The van der Waals surface area contributed by atoms with E-state index in [0.717, 1.165) is 12.0 Å². The van der Waals surface area contributed by atoms with Crippen LogP contribution in [0.25, 0.3) is 0 Å². The standard InChI is InChI=1S/C13H18O3S/c1-4-5-12(3)10-16-17(14,15)13-8-6-11(2)7-9-13/h4,6-9,12H,1,5,10H2,2-3H3/t12-/m1/s1. The van der Waals surface area contributed by atoms with Gasteiger partial charge in [0.05, 0.1) is 11.5 Å². The minimum Gasteiger partial charge on any atom is -0.266 e. The van der Waals surface area contributed by atoms with E-state index in [1.54, 1.807) is 30.3 Å². The fourth-order valence-corrected chi connectivity index (χ4v) is 2.35. The average Bonchev–Trinajstić information content (AvgIpc) is 2.28. The fourth-order valence-electron chi connectivity index (χ4n) is 1.33. The fraction of sp³-hybridized carbons (Fsp3) is 0.385. The van der Waals surface area contributed by atoms with Crippen molar-refractivity contribution < 1.29 is 12.6 Å². The van der Waals surface area contributed by atoms with E-state index in [4.69, 9.17) is 4.18 Å². The predicted molar refractivity (Wildman–Crippen MR) is 68.3 cm³/mol. The van der Waals surface area contributed by atoms with Crippen molar-refractivity contribution in [3.05, 3.63) is 42.5 Å². The first-order valence-electron chi connectivity index (χ1n) is 5.52. The van der Waals surface area contributed by atoms with Gasteiger partial charge in [0.1, 0.15) is 0 Å². The van der Waals surface area contributed by atoms with Gasteiger partial charge in [-0.2, -0.15) is 8.42 Å². The minimum absolute atomic E-state index is 0.146. The molecule has 0 bridgehead atoms. The summed E-state index contributed by atoms with van der Waals surface area (Å²) >= 11 is 0. The molecule has 17 heavy (non-hydrogen) atoms. The Morgan fingerprint density at radius 1 is 1.35 bits per heavy atom. The Morgan fingerprint density at radius 2 is 1.94 bits per heavy atom. The minimum atomic E-state index is -3.62. The molecule has 0 radical (unpaired) electrons. The lowest BCUT2D eigenvalue weighted by Gasteiger charge is -2.10. The van der Waals surface area contributed by atoms with Crippen molar-refractivity contribution in [3.63, 3.8) is 0 Å². The Morgan fingerprint density at radius 3 is 2.47 bits per heavy atom. The van der Waals surface area contributed by atoms with Gasteiger partial charge in [-0.1, -0.05) is 30.7 Å². The van der Waals surface area contributed by atoms with E-state index >= 15 is 0 Å². The van der Waals surface area contributed by atoms with Crippen molar-refractivity contribution in [2.45, 2.75) is 25.2 Å². The summed E-state index contributed by atoms with van der Waals surface area (Å²) < 4.78 is 28.6. The highest BCUT2D eigenvalue weighted by Gasteiger charge is 2.15. The number of benzene rings is 1. The molecule has 1 aromatic rings. The summed E-state index contributed by atoms with van der Waals surface area (Å²) in [5, 5.41) is 0. The molecular weight excluding hydrogens is 236 g/mol. The summed E-state index contributed by atoms with van der Waals surface area (Å²) in [5.74, 6) is 0.146. The molecular formula is C13H18O3S. The van der Waals surface area contributed by atoms with Crippen LogP contribution in [0.4, 0.5) is 0 Å². The summed E-state index contributed by atoms with van der Waals surface area (Å²) in [6.07, 6.45) is 2.50. The molecule has 0 aliphatic heterocycles. The van der Waals surface area contributed by atoms with Crippen LogP contribution >= 0.6 is 0 Å². The Bertz CT molecular complexity index is 460. The van der Waals surface area contributed by atoms with Gasteiger partial charge in [-0.15, -0.1) is 6.58 Å². The summed E-state index contributed by atoms with van der Waals surface area (Å²) in [6, 6.07) is 6.62. The van der Waals surface area contributed by atoms with E-state index in [1.165, 1.54) is 0 Å². The predicted octanol–water partition coefficient (Wildman–Crippen LogP) is 2.91. The Kier molecular flexibility index (Phi) is 4.90. The van der Waals surface area contributed by atoms with Gasteiger partial charge in [-0.3, -0.25) is 4.18 Å². The van der Waals surface area contributed by atoms with E-state index < -0.39 is 10.1 Å². The first kappa shape index (κ1) is 13.9. The lowest BCUT2D eigenvalue weighted by molar-refractivity contribution is 0.266. The van der Waals surface area contributed by atoms with E-state index in [9.17, 15) is 8.42 Å². The van der Waals surface area contributed by atoms with Gasteiger partial charge in [0, 0.05) is 0 Å². The second-order valence-electron chi connectivity index (χ2n) is 4.18. The largest absolute Gasteiger partial charge is 0.296 e. The zero-order valence-electron chi connectivity index (χ0n) is 10.2. The molecule has 0 N–H and O–H groups in total. The highest BCUT2D eigenvalue weighted by atomic mass is 32.2. The first-order chi connectivity index (χ1) is 7.95. The van der Waals surface area contributed by atoms with Crippen LogP contribution in [0.5, 0.6) is 0 Å². The van der Waals surface area contributed by atoms with E-state index in [0.29, 0.717) is 0 Å². The maximum absolute atomic E-state index is 11.8. The van der Waals surface area contributed by atoms with Gasteiger partial charge in [-0.05, 0) is 31.4 Å². The summed E-state index contributed by atoms with van der Waals surface area (Å²) in [7, 11) is -3.62. The van der Waals surface area contributed by atoms with Crippen LogP contribution < -0.4 is 0 Å². The molecule has 94 valence electrons. The van der Waals surface area contributed by atoms with Crippen molar-refractivity contribution in [1.29, 1.82) is 0 Å². The smallest absolute Gasteiger partial charge is 0.266 e. The van der Waals surface area contributed by atoms with Gasteiger partial charge in [-0.25, -0.2) is 0 Å². The van der Waals surface area contributed by atoms with Crippen LogP contribution in [0.15, 0.2) is 41.8 Å². The summed E-state index contributed by atoms with van der Waals surface area (Å²) in [5.41, 5.74) is 1.02. The molecule has 0 unspecified atom stereocenters. The zero-order chi connectivity index (χ0) is 12.9.